The second-order valence-corrected chi connectivity index (χ2v) is 6.65. The second kappa shape index (κ2) is 6.84. The average molecular weight is 414 g/mol. The number of methoxy groups -OCH3 is 2. The van der Waals surface area contributed by atoms with Crippen molar-refractivity contribution in [3.05, 3.63) is 57.1 Å². The lowest BCUT2D eigenvalue weighted by Gasteiger charge is -2.19. The molecule has 0 fully saturated rings. The van der Waals surface area contributed by atoms with E-state index in [0.29, 0.717) is 0 Å². The van der Waals surface area contributed by atoms with Crippen LogP contribution in [0.2, 0.25) is 0 Å². The van der Waals surface area contributed by atoms with Gasteiger partial charge in [0.05, 0.1) is 19.0 Å². The molecule has 21 heavy (non-hydrogen) atoms. The van der Waals surface area contributed by atoms with E-state index < -0.39 is 0 Å². The van der Waals surface area contributed by atoms with Crippen LogP contribution in [-0.4, -0.2) is 14.2 Å². The van der Waals surface area contributed by atoms with Crippen molar-refractivity contribution in [1.82, 2.24) is 0 Å². The Kier molecular flexibility index (Phi) is 5.33. The summed E-state index contributed by atoms with van der Waals surface area (Å²) in [5, 5.41) is 0. The molecule has 2 rings (SSSR count). The van der Waals surface area contributed by atoms with Crippen molar-refractivity contribution in [2.45, 2.75) is 18.7 Å². The molecule has 0 spiro atoms. The van der Waals surface area contributed by atoms with Gasteiger partial charge in [-0.15, -0.1) is 0 Å². The number of halogens is 2. The molecule has 2 aromatic carbocycles. The van der Waals surface area contributed by atoms with Crippen molar-refractivity contribution >= 4 is 31.9 Å². The second-order valence-electron chi connectivity index (χ2n) is 4.88. The van der Waals surface area contributed by atoms with Crippen LogP contribution in [0.15, 0.2) is 34.8 Å². The molecule has 2 aromatic rings. The molecule has 0 aliphatic heterocycles. The summed E-state index contributed by atoms with van der Waals surface area (Å²) in [6, 6.07) is 10.3. The van der Waals surface area contributed by atoms with Crippen molar-refractivity contribution in [2.24, 2.45) is 0 Å². The quantitative estimate of drug-likeness (QED) is 0.610. The number of aryl methyl sites for hydroxylation is 1. The molecule has 112 valence electrons. The molecule has 0 saturated heterocycles. The molecule has 0 saturated carbocycles. The first-order chi connectivity index (χ1) is 9.99. The Balaban J connectivity index is 2.53. The fraction of sp³-hybridized carbons (Fsp3) is 0.294. The zero-order valence-corrected chi connectivity index (χ0v) is 15.7. The predicted octanol–water partition coefficient (Wildman–Crippen LogP) is 5.57. The predicted molar refractivity (Wildman–Crippen MR) is 93.9 cm³/mol. The zero-order valence-electron chi connectivity index (χ0n) is 12.5. The Hall–Kier alpha value is -1.00. The lowest BCUT2D eigenvalue weighted by molar-refractivity contribution is 0.354. The SMILES string of the molecule is COc1cc(C)c(C(Br)c2cccc(Br)c2C)cc1OC. The largest absolute Gasteiger partial charge is 0.493 e. The minimum atomic E-state index is 0.106. The van der Waals surface area contributed by atoms with Gasteiger partial charge in [0.2, 0.25) is 0 Å². The van der Waals surface area contributed by atoms with Crippen LogP contribution in [0.5, 0.6) is 11.5 Å². The van der Waals surface area contributed by atoms with Gasteiger partial charge in [-0.3, -0.25) is 0 Å². The maximum Gasteiger partial charge on any atom is 0.161 e. The van der Waals surface area contributed by atoms with E-state index in [1.807, 2.05) is 12.1 Å². The highest BCUT2D eigenvalue weighted by Gasteiger charge is 2.18. The zero-order chi connectivity index (χ0) is 15.6. The van der Waals surface area contributed by atoms with Gasteiger partial charge in [-0.1, -0.05) is 44.0 Å². The molecule has 0 N–H and O–H groups in total. The van der Waals surface area contributed by atoms with E-state index >= 15 is 0 Å². The first kappa shape index (κ1) is 16.4. The van der Waals surface area contributed by atoms with Crippen LogP contribution < -0.4 is 9.47 Å². The van der Waals surface area contributed by atoms with Crippen LogP contribution in [0, 0.1) is 13.8 Å². The maximum absolute atomic E-state index is 5.42. The molecule has 0 radical (unpaired) electrons. The number of rotatable bonds is 4. The molecule has 4 heteroatoms. The molecule has 1 atom stereocenters. The Morgan fingerprint density at radius 2 is 1.57 bits per heavy atom. The van der Waals surface area contributed by atoms with E-state index in [0.717, 1.165) is 21.5 Å². The summed E-state index contributed by atoms with van der Waals surface area (Å²) >= 11 is 7.41. The van der Waals surface area contributed by atoms with Gasteiger partial charge >= 0.3 is 0 Å². The van der Waals surface area contributed by atoms with Gasteiger partial charge in [-0.05, 0) is 54.3 Å². The van der Waals surface area contributed by atoms with E-state index in [4.69, 9.17) is 9.47 Å². The lowest BCUT2D eigenvalue weighted by atomic mass is 9.97. The Labute approximate surface area is 142 Å². The average Bonchev–Trinajstić information content (AvgIpc) is 2.49. The van der Waals surface area contributed by atoms with Gasteiger partial charge in [0, 0.05) is 4.47 Å². The Bertz CT molecular complexity index is 653. The van der Waals surface area contributed by atoms with E-state index in [9.17, 15) is 0 Å². The summed E-state index contributed by atoms with van der Waals surface area (Å²) in [6.45, 7) is 4.20. The van der Waals surface area contributed by atoms with Gasteiger partial charge in [-0.2, -0.15) is 0 Å². The minimum Gasteiger partial charge on any atom is -0.493 e. The summed E-state index contributed by atoms with van der Waals surface area (Å²) in [5.41, 5.74) is 4.80. The monoisotopic (exact) mass is 412 g/mol. The number of hydrogen-bond acceptors (Lipinski definition) is 2. The third kappa shape index (κ3) is 3.27. The number of alkyl halides is 1. The molecular formula is C17H18Br2O2. The van der Waals surface area contributed by atoms with Crippen LogP contribution >= 0.6 is 31.9 Å². The van der Waals surface area contributed by atoms with Gasteiger partial charge < -0.3 is 9.47 Å². The van der Waals surface area contributed by atoms with Crippen molar-refractivity contribution in [1.29, 1.82) is 0 Å². The van der Waals surface area contributed by atoms with Gasteiger partial charge in [0.15, 0.2) is 11.5 Å². The summed E-state index contributed by atoms with van der Waals surface area (Å²) in [6.07, 6.45) is 0. The first-order valence-corrected chi connectivity index (χ1v) is 8.32. The molecular weight excluding hydrogens is 396 g/mol. The summed E-state index contributed by atoms with van der Waals surface area (Å²) < 4.78 is 11.9. The van der Waals surface area contributed by atoms with Crippen LogP contribution in [0.4, 0.5) is 0 Å². The topological polar surface area (TPSA) is 18.5 Å². The normalized spacial score (nSPS) is 12.1. The molecule has 0 bridgehead atoms. The standard InChI is InChI=1S/C17H18Br2O2/c1-10-8-15(20-3)16(21-4)9-13(10)17(19)12-6-5-7-14(18)11(12)2/h5-9,17H,1-4H3. The van der Waals surface area contributed by atoms with E-state index in [1.165, 1.54) is 16.7 Å². The number of benzene rings is 2. The van der Waals surface area contributed by atoms with Crippen LogP contribution in [0.25, 0.3) is 0 Å². The Morgan fingerprint density at radius 3 is 2.19 bits per heavy atom. The third-order valence-corrected chi connectivity index (χ3v) is 5.47. The molecule has 1 unspecified atom stereocenters. The molecule has 0 heterocycles. The molecule has 2 nitrogen and oxygen atoms in total. The summed E-state index contributed by atoms with van der Waals surface area (Å²) in [4.78, 5) is 0.106. The summed E-state index contributed by atoms with van der Waals surface area (Å²) in [5.74, 6) is 1.50. The fourth-order valence-corrected chi connectivity index (χ4v) is 3.71. The first-order valence-electron chi connectivity index (χ1n) is 6.61. The Morgan fingerprint density at radius 1 is 0.952 bits per heavy atom. The van der Waals surface area contributed by atoms with Gasteiger partial charge in [0.1, 0.15) is 0 Å². The van der Waals surface area contributed by atoms with E-state index in [2.05, 4.69) is 63.9 Å². The molecule has 0 amide bonds. The van der Waals surface area contributed by atoms with Crippen molar-refractivity contribution < 1.29 is 9.47 Å². The highest BCUT2D eigenvalue weighted by atomic mass is 79.9. The van der Waals surface area contributed by atoms with Crippen LogP contribution in [0.1, 0.15) is 27.1 Å². The molecule has 0 aliphatic carbocycles. The summed E-state index contributed by atoms with van der Waals surface area (Å²) in [7, 11) is 3.31. The minimum absolute atomic E-state index is 0.106. The van der Waals surface area contributed by atoms with E-state index in [1.54, 1.807) is 14.2 Å². The van der Waals surface area contributed by atoms with Gasteiger partial charge in [-0.25, -0.2) is 0 Å². The van der Waals surface area contributed by atoms with Gasteiger partial charge in [0.25, 0.3) is 0 Å². The maximum atomic E-state index is 5.42. The van der Waals surface area contributed by atoms with E-state index in [-0.39, 0.29) is 4.83 Å². The van der Waals surface area contributed by atoms with Crippen molar-refractivity contribution in [3.63, 3.8) is 0 Å². The molecule has 0 aliphatic rings. The van der Waals surface area contributed by atoms with Crippen molar-refractivity contribution in [2.75, 3.05) is 14.2 Å². The number of ether oxygens (including phenoxy) is 2. The van der Waals surface area contributed by atoms with Crippen LogP contribution in [0.3, 0.4) is 0 Å². The fourth-order valence-electron chi connectivity index (χ4n) is 2.34. The van der Waals surface area contributed by atoms with Crippen molar-refractivity contribution in [3.8, 4) is 11.5 Å². The molecule has 0 aromatic heterocycles. The lowest BCUT2D eigenvalue weighted by Crippen LogP contribution is -2.01. The highest BCUT2D eigenvalue weighted by Crippen LogP contribution is 2.40. The number of hydrogen-bond donors (Lipinski definition) is 0. The smallest absolute Gasteiger partial charge is 0.161 e. The highest BCUT2D eigenvalue weighted by molar-refractivity contribution is 9.10. The van der Waals surface area contributed by atoms with Crippen LogP contribution in [-0.2, 0) is 0 Å². The third-order valence-electron chi connectivity index (χ3n) is 3.63.